The molecule has 0 atom stereocenters. The number of hydroxylamine groups is 2. The topological polar surface area (TPSA) is 42.3 Å². The van der Waals surface area contributed by atoms with E-state index < -0.39 is 0 Å². The molecule has 0 saturated carbocycles. The summed E-state index contributed by atoms with van der Waals surface area (Å²) in [6.45, 7) is 6.49. The van der Waals surface area contributed by atoms with Crippen LogP contribution in [0.15, 0.2) is 61.2 Å². The Kier molecular flexibility index (Phi) is 3.16. The minimum absolute atomic E-state index is 0.700. The third-order valence-corrected chi connectivity index (χ3v) is 3.04. The molecule has 0 fully saturated rings. The fourth-order valence-corrected chi connectivity index (χ4v) is 2.06. The molecule has 0 bridgehead atoms. The maximum atomic E-state index is 5.70. The Morgan fingerprint density at radius 1 is 1.40 bits per heavy atom. The molecular formula is C15H16N4O. The number of fused-ring (bicyclic) bond motifs is 1. The third-order valence-electron chi connectivity index (χ3n) is 3.04. The highest BCUT2D eigenvalue weighted by molar-refractivity contribution is 5.52. The van der Waals surface area contributed by atoms with Crippen LogP contribution in [-0.2, 0) is 6.54 Å². The average molecular weight is 268 g/mol. The van der Waals surface area contributed by atoms with Crippen molar-refractivity contribution >= 4 is 5.82 Å². The highest BCUT2D eigenvalue weighted by Gasteiger charge is 2.18. The van der Waals surface area contributed by atoms with E-state index >= 15 is 0 Å². The molecule has 20 heavy (non-hydrogen) atoms. The first-order chi connectivity index (χ1) is 9.76. The van der Waals surface area contributed by atoms with Crippen molar-refractivity contribution in [3.05, 3.63) is 66.8 Å². The van der Waals surface area contributed by atoms with Crippen molar-refractivity contribution in [1.29, 1.82) is 0 Å². The summed E-state index contributed by atoms with van der Waals surface area (Å²) in [7, 11) is 0. The van der Waals surface area contributed by atoms with Gasteiger partial charge in [-0.25, -0.2) is 4.68 Å². The molecule has 3 rings (SSSR count). The predicted molar refractivity (Wildman–Crippen MR) is 77.8 cm³/mol. The highest BCUT2D eigenvalue weighted by Crippen LogP contribution is 2.24. The lowest BCUT2D eigenvalue weighted by molar-refractivity contribution is 0.0452. The molecule has 102 valence electrons. The largest absolute Gasteiger partial charge is 0.376 e. The Morgan fingerprint density at radius 2 is 2.20 bits per heavy atom. The van der Waals surface area contributed by atoms with Gasteiger partial charge in [0.1, 0.15) is 5.82 Å². The zero-order valence-corrected chi connectivity index (χ0v) is 11.3. The van der Waals surface area contributed by atoms with Crippen LogP contribution < -0.4 is 10.2 Å². The van der Waals surface area contributed by atoms with E-state index in [1.54, 1.807) is 11.3 Å². The molecule has 1 aromatic carbocycles. The number of hydrogen-bond acceptors (Lipinski definition) is 4. The van der Waals surface area contributed by atoms with Crippen molar-refractivity contribution in [2.24, 2.45) is 0 Å². The molecule has 0 unspecified atom stereocenters. The zero-order valence-electron chi connectivity index (χ0n) is 11.3. The second-order valence-electron chi connectivity index (χ2n) is 4.56. The van der Waals surface area contributed by atoms with Crippen molar-refractivity contribution in [3.8, 4) is 5.75 Å². The van der Waals surface area contributed by atoms with E-state index in [1.807, 2.05) is 54.3 Å². The van der Waals surface area contributed by atoms with Gasteiger partial charge in [-0.3, -0.25) is 0 Å². The van der Waals surface area contributed by atoms with Crippen LogP contribution in [0, 0.1) is 6.92 Å². The monoisotopic (exact) mass is 268 g/mol. The second-order valence-corrected chi connectivity index (χ2v) is 4.56. The van der Waals surface area contributed by atoms with Crippen LogP contribution in [0.3, 0.4) is 0 Å². The smallest absolute Gasteiger partial charge is 0.155 e. The van der Waals surface area contributed by atoms with Gasteiger partial charge in [0.05, 0.1) is 24.6 Å². The van der Waals surface area contributed by atoms with Gasteiger partial charge in [0, 0.05) is 11.8 Å². The van der Waals surface area contributed by atoms with Gasteiger partial charge < -0.3 is 10.2 Å². The number of nitrogens with zero attached hydrogens (tertiary/aromatic N) is 3. The van der Waals surface area contributed by atoms with Crippen LogP contribution >= 0.6 is 0 Å². The minimum atomic E-state index is 0.700. The maximum Gasteiger partial charge on any atom is 0.155 e. The third kappa shape index (κ3) is 2.38. The average Bonchev–Trinajstić information content (AvgIpc) is 3.01. The molecular weight excluding hydrogens is 252 g/mol. The fraction of sp³-hybridized carbons (Fsp3) is 0.133. The predicted octanol–water partition coefficient (Wildman–Crippen LogP) is 2.90. The Hall–Kier alpha value is -2.69. The number of hydrogen-bond donors (Lipinski definition) is 1. The number of aryl methyl sites for hydroxylation is 1. The lowest BCUT2D eigenvalue weighted by Crippen LogP contribution is -2.16. The van der Waals surface area contributed by atoms with Crippen molar-refractivity contribution in [3.63, 3.8) is 0 Å². The molecule has 5 nitrogen and oxygen atoms in total. The first kappa shape index (κ1) is 12.3. The summed E-state index contributed by atoms with van der Waals surface area (Å²) in [4.78, 5) is 5.70. The van der Waals surface area contributed by atoms with Crippen LogP contribution in [-0.4, -0.2) is 14.8 Å². The summed E-state index contributed by atoms with van der Waals surface area (Å²) in [5.41, 5.74) is 2.13. The Labute approximate surface area is 117 Å². The van der Waals surface area contributed by atoms with Gasteiger partial charge in [-0.15, -0.1) is 0 Å². The molecule has 0 aliphatic carbocycles. The maximum absolute atomic E-state index is 5.70. The molecule has 1 N–H and O–H groups in total. The number of allylic oxidation sites excluding steroid dienone is 1. The van der Waals surface area contributed by atoms with Gasteiger partial charge in [-0.2, -0.15) is 10.2 Å². The van der Waals surface area contributed by atoms with Crippen molar-refractivity contribution in [2.45, 2.75) is 13.5 Å². The van der Waals surface area contributed by atoms with Crippen molar-refractivity contribution < 1.29 is 4.84 Å². The van der Waals surface area contributed by atoms with Gasteiger partial charge in [0.15, 0.2) is 5.75 Å². The van der Waals surface area contributed by atoms with Crippen LogP contribution in [0.4, 0.5) is 5.82 Å². The molecule has 0 radical (unpaired) electrons. The quantitative estimate of drug-likeness (QED) is 0.866. The minimum Gasteiger partial charge on any atom is -0.376 e. The molecule has 1 aliphatic rings. The van der Waals surface area contributed by atoms with Gasteiger partial charge in [0.2, 0.25) is 0 Å². The number of anilines is 1. The number of rotatable bonds is 4. The summed E-state index contributed by atoms with van der Waals surface area (Å²) >= 11 is 0. The standard InChI is InChI=1S/C15H16N4O/c1-3-18(20-14-7-5-4-6-8-14)10-13-11-19-15(17-13)12(2)9-16-19/h3-10,17H,1,11H2,2H3/b13-10+. The highest BCUT2D eigenvalue weighted by atomic mass is 16.7. The van der Waals surface area contributed by atoms with E-state index in [-0.39, 0.29) is 0 Å². The molecule has 1 aliphatic heterocycles. The second kappa shape index (κ2) is 5.13. The lowest BCUT2D eigenvalue weighted by atomic mass is 10.3. The summed E-state index contributed by atoms with van der Waals surface area (Å²) < 4.78 is 1.92. The van der Waals surface area contributed by atoms with E-state index in [0.717, 1.165) is 22.8 Å². The molecule has 0 saturated heterocycles. The first-order valence-corrected chi connectivity index (χ1v) is 6.40. The molecule has 2 heterocycles. The molecule has 0 amide bonds. The molecule has 0 spiro atoms. The first-order valence-electron chi connectivity index (χ1n) is 6.40. The van der Waals surface area contributed by atoms with E-state index in [0.29, 0.717) is 6.54 Å². The van der Waals surface area contributed by atoms with Crippen LogP contribution in [0.25, 0.3) is 0 Å². The van der Waals surface area contributed by atoms with E-state index in [1.165, 1.54) is 0 Å². The van der Waals surface area contributed by atoms with Crippen LogP contribution in [0.2, 0.25) is 0 Å². The number of nitrogens with one attached hydrogen (secondary N) is 1. The van der Waals surface area contributed by atoms with Crippen molar-refractivity contribution in [2.75, 3.05) is 5.32 Å². The summed E-state index contributed by atoms with van der Waals surface area (Å²) in [6.07, 6.45) is 5.34. The van der Waals surface area contributed by atoms with E-state index in [4.69, 9.17) is 4.84 Å². The van der Waals surface area contributed by atoms with Gasteiger partial charge in [-0.1, -0.05) is 24.8 Å². The van der Waals surface area contributed by atoms with Gasteiger partial charge in [-0.05, 0) is 19.1 Å². The van der Waals surface area contributed by atoms with E-state index in [2.05, 4.69) is 17.0 Å². The molecule has 1 aromatic heterocycles. The van der Waals surface area contributed by atoms with Crippen LogP contribution in [0.5, 0.6) is 5.75 Å². The normalized spacial score (nSPS) is 14.8. The Balaban J connectivity index is 1.73. The van der Waals surface area contributed by atoms with Gasteiger partial charge >= 0.3 is 0 Å². The lowest BCUT2D eigenvalue weighted by Gasteiger charge is -2.16. The summed E-state index contributed by atoms with van der Waals surface area (Å²) in [5, 5.41) is 9.20. The Bertz CT molecular complexity index is 645. The van der Waals surface area contributed by atoms with E-state index in [9.17, 15) is 0 Å². The number of aromatic nitrogens is 2. The molecule has 2 aromatic rings. The zero-order chi connectivity index (χ0) is 13.9. The summed E-state index contributed by atoms with van der Waals surface area (Å²) in [5.74, 6) is 1.79. The Morgan fingerprint density at radius 3 is 2.90 bits per heavy atom. The van der Waals surface area contributed by atoms with Crippen LogP contribution in [0.1, 0.15) is 5.56 Å². The van der Waals surface area contributed by atoms with Crippen molar-refractivity contribution in [1.82, 2.24) is 14.8 Å². The SMILES string of the molecule is C=CN(/C=C1\Cn2ncc(C)c2N1)Oc1ccccc1. The fourth-order valence-electron chi connectivity index (χ4n) is 2.06. The molecule has 5 heteroatoms. The van der Waals surface area contributed by atoms with Gasteiger partial charge in [0.25, 0.3) is 0 Å². The number of para-hydroxylation sites is 1. The number of benzene rings is 1. The summed E-state index contributed by atoms with van der Waals surface area (Å²) in [6, 6.07) is 9.59.